The maximum atomic E-state index is 5.89. The second-order valence-electron chi connectivity index (χ2n) is 6.18. The first kappa shape index (κ1) is 19.1. The first-order chi connectivity index (χ1) is 11.8. The zero-order valence-electron chi connectivity index (χ0n) is 14.7. The van der Waals surface area contributed by atoms with Crippen molar-refractivity contribution in [1.29, 1.82) is 0 Å². The van der Waals surface area contributed by atoms with Gasteiger partial charge in [-0.05, 0) is 47.9 Å². The van der Waals surface area contributed by atoms with Crippen LogP contribution >= 0.6 is 15.9 Å². The summed E-state index contributed by atoms with van der Waals surface area (Å²) in [5.41, 5.74) is 0. The molecule has 2 aromatic carbocycles. The van der Waals surface area contributed by atoms with Crippen LogP contribution in [0.15, 0.2) is 36.4 Å². The number of fused-ring (bicyclic) bond motifs is 1. The number of alkyl halides is 1. The van der Waals surface area contributed by atoms with E-state index in [0.29, 0.717) is 0 Å². The number of halogens is 1. The maximum Gasteiger partial charge on any atom is 0.119 e. The topological polar surface area (TPSA) is 18.5 Å². The second-order valence-corrected chi connectivity index (χ2v) is 6.97. The zero-order valence-corrected chi connectivity index (χ0v) is 16.3. The van der Waals surface area contributed by atoms with Gasteiger partial charge in [-0.15, -0.1) is 0 Å². The first-order valence-electron chi connectivity index (χ1n) is 9.19. The van der Waals surface area contributed by atoms with Crippen LogP contribution in [0.2, 0.25) is 0 Å². The third kappa shape index (κ3) is 6.72. The molecule has 132 valence electrons. The summed E-state index contributed by atoms with van der Waals surface area (Å²) in [6.07, 6.45) is 8.76. The van der Waals surface area contributed by atoms with Crippen LogP contribution in [0.5, 0.6) is 11.5 Å². The molecule has 0 aliphatic heterocycles. The molecule has 2 rings (SSSR count). The Labute approximate surface area is 154 Å². The zero-order chi connectivity index (χ0) is 17.0. The molecule has 0 radical (unpaired) electrons. The van der Waals surface area contributed by atoms with Crippen LogP contribution in [-0.4, -0.2) is 18.5 Å². The van der Waals surface area contributed by atoms with Crippen LogP contribution in [-0.2, 0) is 0 Å². The van der Waals surface area contributed by atoms with Crippen LogP contribution in [0.1, 0.15) is 51.9 Å². The molecule has 0 atom stereocenters. The van der Waals surface area contributed by atoms with Crippen molar-refractivity contribution in [1.82, 2.24) is 0 Å². The minimum Gasteiger partial charge on any atom is -0.494 e. The number of hydrogen-bond acceptors (Lipinski definition) is 2. The fraction of sp³-hybridized carbons (Fsp3) is 0.524. The van der Waals surface area contributed by atoms with Gasteiger partial charge in [-0.3, -0.25) is 0 Å². The van der Waals surface area contributed by atoms with Gasteiger partial charge in [0.05, 0.1) is 13.2 Å². The Kier molecular flexibility index (Phi) is 9.04. The van der Waals surface area contributed by atoms with E-state index in [1.165, 1.54) is 42.9 Å². The van der Waals surface area contributed by atoms with Crippen LogP contribution in [0.3, 0.4) is 0 Å². The van der Waals surface area contributed by atoms with Crippen molar-refractivity contribution >= 4 is 26.7 Å². The molecule has 0 heterocycles. The van der Waals surface area contributed by atoms with Gasteiger partial charge in [0.2, 0.25) is 0 Å². The molecule has 0 fully saturated rings. The fourth-order valence-electron chi connectivity index (χ4n) is 2.70. The molecule has 0 saturated carbocycles. The van der Waals surface area contributed by atoms with Crippen LogP contribution in [0.4, 0.5) is 0 Å². The van der Waals surface area contributed by atoms with E-state index < -0.39 is 0 Å². The Balaban J connectivity index is 1.79. The normalized spacial score (nSPS) is 10.9. The molecular formula is C21H29BrO2. The lowest BCUT2D eigenvalue weighted by Gasteiger charge is -2.09. The van der Waals surface area contributed by atoms with Gasteiger partial charge in [0.15, 0.2) is 0 Å². The van der Waals surface area contributed by atoms with Gasteiger partial charge in [0.25, 0.3) is 0 Å². The SMILES string of the molecule is CCCCCCCCOc1ccc2cc(OCCCBr)ccc2c1. The number of hydrogen-bond donors (Lipinski definition) is 0. The van der Waals surface area contributed by atoms with Crippen molar-refractivity contribution in [3.63, 3.8) is 0 Å². The summed E-state index contributed by atoms with van der Waals surface area (Å²) in [5.74, 6) is 1.90. The lowest BCUT2D eigenvalue weighted by molar-refractivity contribution is 0.304. The Bertz CT molecular complexity index is 597. The largest absolute Gasteiger partial charge is 0.494 e. The van der Waals surface area contributed by atoms with E-state index in [1.54, 1.807) is 0 Å². The van der Waals surface area contributed by atoms with Gasteiger partial charge in [0.1, 0.15) is 11.5 Å². The molecule has 0 unspecified atom stereocenters. The lowest BCUT2D eigenvalue weighted by atomic mass is 10.1. The third-order valence-corrected chi connectivity index (χ3v) is 4.66. The maximum absolute atomic E-state index is 5.89. The van der Waals surface area contributed by atoms with Gasteiger partial charge in [-0.2, -0.15) is 0 Å². The predicted octanol–water partition coefficient (Wildman–Crippen LogP) is 6.74. The molecule has 0 aliphatic rings. The van der Waals surface area contributed by atoms with E-state index in [-0.39, 0.29) is 0 Å². The Morgan fingerprint density at radius 3 is 1.83 bits per heavy atom. The summed E-state index contributed by atoms with van der Waals surface area (Å²) < 4.78 is 11.6. The highest BCUT2D eigenvalue weighted by molar-refractivity contribution is 9.09. The standard InChI is InChI=1S/C21H29BrO2/c1-2-3-4-5-6-7-14-23-20-11-9-19-17-21(24-15-8-13-22)12-10-18(19)16-20/h9-12,16-17H,2-8,13-15H2,1H3. The molecule has 0 bridgehead atoms. The lowest BCUT2D eigenvalue weighted by Crippen LogP contribution is -1.98. The van der Waals surface area contributed by atoms with E-state index in [4.69, 9.17) is 9.47 Å². The van der Waals surface area contributed by atoms with Crippen LogP contribution < -0.4 is 9.47 Å². The molecule has 0 amide bonds. The minimum absolute atomic E-state index is 0.746. The highest BCUT2D eigenvalue weighted by Gasteiger charge is 2.01. The molecule has 0 spiro atoms. The monoisotopic (exact) mass is 392 g/mol. The summed E-state index contributed by atoms with van der Waals surface area (Å²) >= 11 is 3.42. The molecule has 2 nitrogen and oxygen atoms in total. The number of unbranched alkanes of at least 4 members (excludes halogenated alkanes) is 5. The van der Waals surface area contributed by atoms with Gasteiger partial charge in [-0.25, -0.2) is 0 Å². The first-order valence-corrected chi connectivity index (χ1v) is 10.3. The molecule has 0 saturated heterocycles. The van der Waals surface area contributed by atoms with Crippen LogP contribution in [0.25, 0.3) is 10.8 Å². The molecule has 0 N–H and O–H groups in total. The van der Waals surface area contributed by atoms with E-state index >= 15 is 0 Å². The fourth-order valence-corrected chi connectivity index (χ4v) is 2.93. The van der Waals surface area contributed by atoms with Crippen molar-refractivity contribution in [2.75, 3.05) is 18.5 Å². The minimum atomic E-state index is 0.746. The number of ether oxygens (including phenoxy) is 2. The van der Waals surface area contributed by atoms with Crippen LogP contribution in [0, 0.1) is 0 Å². The van der Waals surface area contributed by atoms with E-state index in [2.05, 4.69) is 53.2 Å². The Morgan fingerprint density at radius 2 is 1.25 bits per heavy atom. The highest BCUT2D eigenvalue weighted by Crippen LogP contribution is 2.25. The molecule has 3 heteroatoms. The van der Waals surface area contributed by atoms with E-state index in [9.17, 15) is 0 Å². The van der Waals surface area contributed by atoms with Gasteiger partial charge >= 0.3 is 0 Å². The molecule has 0 aromatic heterocycles. The van der Waals surface area contributed by atoms with Crippen molar-refractivity contribution in [3.05, 3.63) is 36.4 Å². The van der Waals surface area contributed by atoms with Crippen molar-refractivity contribution in [3.8, 4) is 11.5 Å². The molecule has 24 heavy (non-hydrogen) atoms. The average Bonchev–Trinajstić information content (AvgIpc) is 2.61. The van der Waals surface area contributed by atoms with E-state index in [1.807, 2.05) is 6.07 Å². The van der Waals surface area contributed by atoms with Crippen molar-refractivity contribution < 1.29 is 9.47 Å². The van der Waals surface area contributed by atoms with Gasteiger partial charge in [-0.1, -0.05) is 67.1 Å². The Hall–Kier alpha value is -1.22. The van der Waals surface area contributed by atoms with Gasteiger partial charge < -0.3 is 9.47 Å². The predicted molar refractivity (Wildman–Crippen MR) is 107 cm³/mol. The summed E-state index contributed by atoms with van der Waals surface area (Å²) in [4.78, 5) is 0. The molecule has 2 aromatic rings. The quantitative estimate of drug-likeness (QED) is 0.294. The van der Waals surface area contributed by atoms with Gasteiger partial charge in [0, 0.05) is 5.33 Å². The van der Waals surface area contributed by atoms with Crippen molar-refractivity contribution in [2.24, 2.45) is 0 Å². The molecule has 0 aliphatic carbocycles. The average molecular weight is 393 g/mol. The summed E-state index contributed by atoms with van der Waals surface area (Å²) in [6, 6.07) is 12.5. The second kappa shape index (κ2) is 11.4. The summed E-state index contributed by atoms with van der Waals surface area (Å²) in [7, 11) is 0. The van der Waals surface area contributed by atoms with E-state index in [0.717, 1.165) is 42.9 Å². The Morgan fingerprint density at radius 1 is 0.708 bits per heavy atom. The molecular weight excluding hydrogens is 364 g/mol. The number of benzene rings is 2. The smallest absolute Gasteiger partial charge is 0.119 e. The van der Waals surface area contributed by atoms with Crippen molar-refractivity contribution in [2.45, 2.75) is 51.9 Å². The highest BCUT2D eigenvalue weighted by atomic mass is 79.9. The number of rotatable bonds is 12. The third-order valence-electron chi connectivity index (χ3n) is 4.10. The summed E-state index contributed by atoms with van der Waals surface area (Å²) in [6.45, 7) is 3.81. The summed E-state index contributed by atoms with van der Waals surface area (Å²) in [5, 5.41) is 3.36.